The SMILES string of the molecule is CC/C=C\C/C=C\C/C=C\C/C=C\C/C=C\C/C=C\CCCCC(=O)OC(/C=C/CCCCCCCCCCC)C(COP(=O)(O)OCC[N+](C)(C)C)NC(=O)CCCCC/C=C\C/C=C\C/C=C\C/C=C\C/C=C\CC. The highest BCUT2D eigenvalue weighted by molar-refractivity contribution is 7.47. The number of nitrogens with zero attached hydrogens (tertiary/aromatic N) is 1. The molecule has 9 nitrogen and oxygen atoms in total. The van der Waals surface area contributed by atoms with Gasteiger partial charge in [0.2, 0.25) is 5.91 Å². The third kappa shape index (κ3) is 56.4. The summed E-state index contributed by atoms with van der Waals surface area (Å²) in [6.07, 6.45) is 79.9. The lowest BCUT2D eigenvalue weighted by Crippen LogP contribution is -2.47. The molecule has 0 aromatic rings. The number of amides is 1. The van der Waals surface area contributed by atoms with E-state index in [4.69, 9.17) is 13.8 Å². The van der Waals surface area contributed by atoms with Gasteiger partial charge < -0.3 is 19.4 Å². The molecule has 77 heavy (non-hydrogen) atoms. The second-order valence-corrected chi connectivity index (χ2v) is 22.2. The van der Waals surface area contributed by atoms with E-state index in [1.54, 1.807) is 0 Å². The topological polar surface area (TPSA) is 111 Å². The molecule has 10 heteroatoms. The Bertz CT molecular complexity index is 1830. The Balaban J connectivity index is 5.41. The Labute approximate surface area is 472 Å². The van der Waals surface area contributed by atoms with Crippen LogP contribution in [0.4, 0.5) is 0 Å². The van der Waals surface area contributed by atoms with Crippen LogP contribution in [-0.2, 0) is 27.9 Å². The molecule has 0 radical (unpaired) electrons. The molecule has 3 unspecified atom stereocenters. The zero-order valence-corrected chi connectivity index (χ0v) is 50.5. The van der Waals surface area contributed by atoms with Crippen molar-refractivity contribution in [2.24, 2.45) is 0 Å². The summed E-state index contributed by atoms with van der Waals surface area (Å²) in [4.78, 5) is 37.6. The van der Waals surface area contributed by atoms with Gasteiger partial charge in [-0.05, 0) is 128 Å². The van der Waals surface area contributed by atoms with Crippen LogP contribution >= 0.6 is 7.82 Å². The van der Waals surface area contributed by atoms with E-state index in [1.165, 1.54) is 44.9 Å². The largest absolute Gasteiger partial charge is 0.472 e. The maximum Gasteiger partial charge on any atom is 0.472 e. The van der Waals surface area contributed by atoms with Crippen molar-refractivity contribution in [2.45, 2.75) is 226 Å². The molecule has 0 rings (SSSR count). The Morgan fingerprint density at radius 3 is 1.26 bits per heavy atom. The summed E-state index contributed by atoms with van der Waals surface area (Å²) in [6, 6.07) is -0.895. The number of carbonyl (C=O) groups excluding carboxylic acids is 2. The van der Waals surface area contributed by atoms with Crippen molar-refractivity contribution in [2.75, 3.05) is 40.9 Å². The molecule has 0 aromatic carbocycles. The van der Waals surface area contributed by atoms with Crippen LogP contribution in [0.3, 0.4) is 0 Å². The molecule has 0 bridgehead atoms. The standard InChI is InChI=1S/C67H111N2O7P/c1-7-10-13-16-19-22-25-27-29-31-33-34-36-38-40-42-45-48-51-54-57-60-67(71)76-65(58-55-52-49-46-43-24-21-18-15-12-9-3)64(63-75-77(72,73)74-62-61-69(4,5)6)68-66(70)59-56-53-50-47-44-41-39-37-35-32-30-28-26-23-20-17-14-11-8-2/h10-11,13-14,19-20,22-23,27-30,33-35,37-38,40-41,44-45,48,55,58,64-65H,7-9,12,15-18,21,24-26,31-32,36,39,42-43,46-47,49-54,56-57,59-63H2,1-6H3,(H-,68,70,72,73)/p+1/b13-10-,14-11-,22-19-,23-20-,29-27-,30-28-,34-33-,37-35-,40-38-,44-41-,48-45-,58-55+. The maximum atomic E-state index is 13.5. The molecule has 2 N–H and O–H groups in total. The number of allylic oxidation sites excluding steroid dienone is 23. The van der Waals surface area contributed by atoms with E-state index in [2.05, 4.69) is 160 Å². The molecule has 0 spiro atoms. The van der Waals surface area contributed by atoms with E-state index in [-0.39, 0.29) is 37.9 Å². The van der Waals surface area contributed by atoms with Crippen molar-refractivity contribution < 1.29 is 37.3 Å². The Hall–Kier alpha value is -4.11. The summed E-state index contributed by atoms with van der Waals surface area (Å²) >= 11 is 0. The van der Waals surface area contributed by atoms with Gasteiger partial charge in [0, 0.05) is 12.8 Å². The lowest BCUT2D eigenvalue weighted by molar-refractivity contribution is -0.870. The lowest BCUT2D eigenvalue weighted by Gasteiger charge is -2.27. The van der Waals surface area contributed by atoms with E-state index in [0.717, 1.165) is 122 Å². The highest BCUT2D eigenvalue weighted by Crippen LogP contribution is 2.43. The zero-order chi connectivity index (χ0) is 56.4. The number of quaternary nitrogens is 1. The van der Waals surface area contributed by atoms with Crippen LogP contribution in [0.25, 0.3) is 0 Å². The highest BCUT2D eigenvalue weighted by Gasteiger charge is 2.30. The summed E-state index contributed by atoms with van der Waals surface area (Å²) in [7, 11) is 1.42. The fourth-order valence-corrected chi connectivity index (χ4v) is 8.41. The zero-order valence-electron chi connectivity index (χ0n) is 49.6. The Morgan fingerprint density at radius 1 is 0.468 bits per heavy atom. The number of likely N-dealkylation sites (N-methyl/N-ethyl adjacent to an activating group) is 1. The quantitative estimate of drug-likeness (QED) is 0.0205. The molecule has 0 saturated heterocycles. The first-order valence-corrected chi connectivity index (χ1v) is 31.7. The molecule has 3 atom stereocenters. The third-order valence-corrected chi connectivity index (χ3v) is 13.3. The van der Waals surface area contributed by atoms with Gasteiger partial charge in [-0.1, -0.05) is 218 Å². The minimum absolute atomic E-state index is 0.0174. The summed E-state index contributed by atoms with van der Waals surface area (Å²) < 4.78 is 30.6. The minimum atomic E-state index is -4.48. The van der Waals surface area contributed by atoms with Crippen molar-refractivity contribution in [3.8, 4) is 0 Å². The second-order valence-electron chi connectivity index (χ2n) is 20.8. The van der Waals surface area contributed by atoms with Gasteiger partial charge in [-0.25, -0.2) is 4.57 Å². The number of ether oxygens (including phenoxy) is 1. The van der Waals surface area contributed by atoms with Crippen LogP contribution in [0.5, 0.6) is 0 Å². The fourth-order valence-electron chi connectivity index (χ4n) is 7.67. The molecule has 0 aromatic heterocycles. The molecule has 0 aliphatic heterocycles. The molecule has 436 valence electrons. The van der Waals surface area contributed by atoms with Gasteiger partial charge in [0.05, 0.1) is 33.8 Å². The van der Waals surface area contributed by atoms with Crippen molar-refractivity contribution in [1.29, 1.82) is 0 Å². The fraction of sp³-hybridized carbons (Fsp3) is 0.612. The van der Waals surface area contributed by atoms with Crippen LogP contribution < -0.4 is 5.32 Å². The molecular formula is C67H112N2O7P+. The molecule has 0 heterocycles. The molecule has 0 saturated carbocycles. The predicted octanol–water partition coefficient (Wildman–Crippen LogP) is 18.7. The highest BCUT2D eigenvalue weighted by atomic mass is 31.2. The number of phosphoric acid groups is 1. The first-order chi connectivity index (χ1) is 37.4. The smallest absolute Gasteiger partial charge is 0.456 e. The van der Waals surface area contributed by atoms with E-state index in [9.17, 15) is 19.0 Å². The maximum absolute atomic E-state index is 13.5. The predicted molar refractivity (Wildman–Crippen MR) is 332 cm³/mol. The van der Waals surface area contributed by atoms with Gasteiger partial charge in [0.25, 0.3) is 0 Å². The molecule has 0 aliphatic carbocycles. The number of esters is 1. The van der Waals surface area contributed by atoms with Gasteiger partial charge >= 0.3 is 13.8 Å². The van der Waals surface area contributed by atoms with Gasteiger partial charge in [0.1, 0.15) is 19.3 Å². The number of rotatable bonds is 52. The van der Waals surface area contributed by atoms with Crippen LogP contribution in [0, 0.1) is 0 Å². The van der Waals surface area contributed by atoms with E-state index in [0.29, 0.717) is 23.9 Å². The number of carbonyl (C=O) groups is 2. The van der Waals surface area contributed by atoms with Gasteiger partial charge in [-0.2, -0.15) is 0 Å². The second kappa shape index (κ2) is 55.2. The van der Waals surface area contributed by atoms with Crippen LogP contribution in [0.15, 0.2) is 146 Å². The number of unbranched alkanes of at least 4 members (excludes halogenated alkanes) is 14. The van der Waals surface area contributed by atoms with Crippen molar-refractivity contribution >= 4 is 19.7 Å². The number of hydrogen-bond acceptors (Lipinski definition) is 6. The van der Waals surface area contributed by atoms with Gasteiger partial charge in [0.15, 0.2) is 0 Å². The lowest BCUT2D eigenvalue weighted by atomic mass is 10.1. The monoisotopic (exact) mass is 1090 g/mol. The summed E-state index contributed by atoms with van der Waals surface area (Å²) in [5, 5.41) is 3.02. The van der Waals surface area contributed by atoms with E-state index < -0.39 is 20.0 Å². The van der Waals surface area contributed by atoms with Gasteiger partial charge in [-0.3, -0.25) is 18.6 Å². The Morgan fingerprint density at radius 2 is 0.831 bits per heavy atom. The molecule has 0 fully saturated rings. The average molecular weight is 1090 g/mol. The van der Waals surface area contributed by atoms with E-state index in [1.807, 2.05) is 33.3 Å². The summed E-state index contributed by atoms with van der Waals surface area (Å²) in [6.45, 7) is 6.69. The van der Waals surface area contributed by atoms with Crippen LogP contribution in [0.2, 0.25) is 0 Å². The molecular weight excluding hydrogens is 976 g/mol. The van der Waals surface area contributed by atoms with Crippen LogP contribution in [-0.4, -0.2) is 74.3 Å². The van der Waals surface area contributed by atoms with Crippen LogP contribution in [0.1, 0.15) is 213 Å². The van der Waals surface area contributed by atoms with Crippen molar-refractivity contribution in [3.63, 3.8) is 0 Å². The first kappa shape index (κ1) is 72.9. The molecule has 0 aliphatic rings. The molecule has 1 amide bonds. The first-order valence-electron chi connectivity index (χ1n) is 30.2. The Kier molecular flexibility index (Phi) is 52.3. The summed E-state index contributed by atoms with van der Waals surface area (Å²) in [5.41, 5.74) is 0. The number of phosphoric ester groups is 1. The normalized spacial score (nSPS) is 14.7. The third-order valence-electron chi connectivity index (χ3n) is 12.3. The minimum Gasteiger partial charge on any atom is -0.456 e. The summed E-state index contributed by atoms with van der Waals surface area (Å²) in [5.74, 6) is -0.608. The van der Waals surface area contributed by atoms with Crippen molar-refractivity contribution in [1.82, 2.24) is 5.32 Å². The number of nitrogens with one attached hydrogen (secondary N) is 1. The van der Waals surface area contributed by atoms with E-state index >= 15 is 0 Å². The van der Waals surface area contributed by atoms with Gasteiger partial charge in [-0.15, -0.1) is 0 Å². The van der Waals surface area contributed by atoms with Crippen molar-refractivity contribution in [3.05, 3.63) is 146 Å². The average Bonchev–Trinajstić information content (AvgIpc) is 3.39. The number of hydrogen-bond donors (Lipinski definition) is 2.